The van der Waals surface area contributed by atoms with Crippen molar-refractivity contribution in [3.05, 3.63) is 41.2 Å². The van der Waals surface area contributed by atoms with E-state index < -0.39 is 0 Å². The van der Waals surface area contributed by atoms with Gasteiger partial charge in [-0.1, -0.05) is 6.07 Å². The summed E-state index contributed by atoms with van der Waals surface area (Å²) in [6, 6.07) is 6.35. The van der Waals surface area contributed by atoms with Crippen LogP contribution in [-0.2, 0) is 7.05 Å². The van der Waals surface area contributed by atoms with E-state index >= 15 is 0 Å². The zero-order valence-corrected chi connectivity index (χ0v) is 12.2. The van der Waals surface area contributed by atoms with Crippen LogP contribution in [0.5, 0.6) is 5.75 Å². The first-order chi connectivity index (χ1) is 9.01. The van der Waals surface area contributed by atoms with Crippen LogP contribution in [0.3, 0.4) is 0 Å². The van der Waals surface area contributed by atoms with Crippen molar-refractivity contribution in [3.8, 4) is 5.75 Å². The lowest BCUT2D eigenvalue weighted by molar-refractivity contribution is 0.416. The third-order valence-electron chi connectivity index (χ3n) is 3.25. The standard InChI is InChI=1S/C15H21N3O/c1-10-6-7-14(15(8-10)19-5)16-11(2)13-9-18(4)17-12(13)3/h6-9,11,16H,1-5H3. The van der Waals surface area contributed by atoms with Crippen molar-refractivity contribution in [1.82, 2.24) is 9.78 Å². The molecule has 0 saturated heterocycles. The maximum atomic E-state index is 5.42. The topological polar surface area (TPSA) is 39.1 Å². The van der Waals surface area contributed by atoms with Gasteiger partial charge in [0.2, 0.25) is 0 Å². The molecule has 1 heterocycles. The van der Waals surface area contributed by atoms with Crippen LogP contribution >= 0.6 is 0 Å². The van der Waals surface area contributed by atoms with Gasteiger partial charge in [-0.2, -0.15) is 5.10 Å². The van der Waals surface area contributed by atoms with E-state index in [1.807, 2.05) is 30.9 Å². The van der Waals surface area contributed by atoms with Gasteiger partial charge < -0.3 is 10.1 Å². The zero-order valence-electron chi connectivity index (χ0n) is 12.2. The summed E-state index contributed by atoms with van der Waals surface area (Å²) in [5, 5.41) is 7.86. The minimum Gasteiger partial charge on any atom is -0.495 e. The molecule has 1 atom stereocenters. The van der Waals surface area contributed by atoms with Gasteiger partial charge >= 0.3 is 0 Å². The fraction of sp³-hybridized carbons (Fsp3) is 0.400. The Kier molecular flexibility index (Phi) is 3.79. The summed E-state index contributed by atoms with van der Waals surface area (Å²) in [5.74, 6) is 0.869. The summed E-state index contributed by atoms with van der Waals surface area (Å²) in [6.07, 6.45) is 2.05. The van der Waals surface area contributed by atoms with Crippen LogP contribution in [0.2, 0.25) is 0 Å². The predicted molar refractivity (Wildman–Crippen MR) is 77.7 cm³/mol. The van der Waals surface area contributed by atoms with Crippen molar-refractivity contribution >= 4 is 5.69 Å². The molecule has 4 nitrogen and oxygen atoms in total. The molecule has 0 bridgehead atoms. The molecular weight excluding hydrogens is 238 g/mol. The Labute approximate surface area is 114 Å². The maximum absolute atomic E-state index is 5.42. The van der Waals surface area contributed by atoms with Crippen LogP contribution in [0.15, 0.2) is 24.4 Å². The number of methoxy groups -OCH3 is 1. The predicted octanol–water partition coefficient (Wildman–Crippen LogP) is 3.22. The van der Waals surface area contributed by atoms with Gasteiger partial charge in [0.05, 0.1) is 24.5 Å². The molecule has 102 valence electrons. The van der Waals surface area contributed by atoms with Crippen LogP contribution in [0.1, 0.15) is 29.8 Å². The first-order valence-electron chi connectivity index (χ1n) is 6.42. The molecule has 0 spiro atoms. The molecular formula is C15H21N3O. The Morgan fingerprint density at radius 1 is 1.32 bits per heavy atom. The first kappa shape index (κ1) is 13.5. The van der Waals surface area contributed by atoms with E-state index in [9.17, 15) is 0 Å². The molecule has 0 saturated carbocycles. The summed E-state index contributed by atoms with van der Waals surface area (Å²) >= 11 is 0. The van der Waals surface area contributed by atoms with Crippen LogP contribution in [0.4, 0.5) is 5.69 Å². The Hall–Kier alpha value is -1.97. The highest BCUT2D eigenvalue weighted by Crippen LogP contribution is 2.29. The molecule has 1 unspecified atom stereocenters. The fourth-order valence-corrected chi connectivity index (χ4v) is 2.27. The second kappa shape index (κ2) is 5.34. The van der Waals surface area contributed by atoms with E-state index in [4.69, 9.17) is 4.74 Å². The van der Waals surface area contributed by atoms with Crippen LogP contribution in [0.25, 0.3) is 0 Å². The number of nitrogens with one attached hydrogen (secondary N) is 1. The highest BCUT2D eigenvalue weighted by Gasteiger charge is 2.13. The summed E-state index contributed by atoms with van der Waals surface area (Å²) in [4.78, 5) is 0. The molecule has 0 radical (unpaired) electrons. The molecule has 2 rings (SSSR count). The van der Waals surface area contributed by atoms with E-state index in [0.717, 1.165) is 17.1 Å². The number of nitrogens with zero attached hydrogens (tertiary/aromatic N) is 2. The SMILES string of the molecule is COc1cc(C)ccc1NC(C)c1cn(C)nc1C. The number of rotatable bonds is 4. The quantitative estimate of drug-likeness (QED) is 0.916. The molecule has 1 aromatic heterocycles. The molecule has 2 aromatic rings. The van der Waals surface area contributed by atoms with Gasteiger partial charge in [0, 0.05) is 18.8 Å². The highest BCUT2D eigenvalue weighted by atomic mass is 16.5. The average Bonchev–Trinajstić information content (AvgIpc) is 2.70. The Morgan fingerprint density at radius 3 is 2.63 bits per heavy atom. The van der Waals surface area contributed by atoms with Crippen molar-refractivity contribution in [2.45, 2.75) is 26.8 Å². The number of benzene rings is 1. The summed E-state index contributed by atoms with van der Waals surface area (Å²) in [7, 11) is 3.63. The number of aromatic nitrogens is 2. The van der Waals surface area contributed by atoms with Crippen LogP contribution < -0.4 is 10.1 Å². The van der Waals surface area contributed by atoms with Crippen molar-refractivity contribution in [2.24, 2.45) is 7.05 Å². The molecule has 0 fully saturated rings. The number of ether oxygens (including phenoxy) is 1. The maximum Gasteiger partial charge on any atom is 0.142 e. The molecule has 0 aliphatic heterocycles. The van der Waals surface area contributed by atoms with Gasteiger partial charge in [0.1, 0.15) is 5.75 Å². The van der Waals surface area contributed by atoms with E-state index in [1.54, 1.807) is 7.11 Å². The normalized spacial score (nSPS) is 12.3. The Morgan fingerprint density at radius 2 is 2.05 bits per heavy atom. The largest absolute Gasteiger partial charge is 0.495 e. The molecule has 1 aromatic carbocycles. The van der Waals surface area contributed by atoms with Crippen molar-refractivity contribution in [2.75, 3.05) is 12.4 Å². The molecule has 19 heavy (non-hydrogen) atoms. The number of hydrogen-bond acceptors (Lipinski definition) is 3. The zero-order chi connectivity index (χ0) is 14.0. The van der Waals surface area contributed by atoms with Gasteiger partial charge in [-0.25, -0.2) is 0 Å². The monoisotopic (exact) mass is 259 g/mol. The molecule has 0 aliphatic carbocycles. The molecule has 0 amide bonds. The van der Waals surface area contributed by atoms with Gasteiger partial charge in [-0.3, -0.25) is 4.68 Å². The van der Waals surface area contributed by atoms with E-state index in [2.05, 4.69) is 36.4 Å². The number of anilines is 1. The smallest absolute Gasteiger partial charge is 0.142 e. The summed E-state index contributed by atoms with van der Waals surface area (Å²) in [5.41, 5.74) is 4.44. The minimum absolute atomic E-state index is 0.185. The van der Waals surface area contributed by atoms with Gasteiger partial charge in [0.15, 0.2) is 0 Å². The van der Waals surface area contributed by atoms with Crippen LogP contribution in [0, 0.1) is 13.8 Å². The average molecular weight is 259 g/mol. The Bertz CT molecular complexity index is 575. The summed E-state index contributed by atoms with van der Waals surface area (Å²) < 4.78 is 7.26. The first-order valence-corrected chi connectivity index (χ1v) is 6.42. The fourth-order valence-electron chi connectivity index (χ4n) is 2.27. The van der Waals surface area contributed by atoms with Crippen LogP contribution in [-0.4, -0.2) is 16.9 Å². The van der Waals surface area contributed by atoms with Crippen molar-refractivity contribution in [3.63, 3.8) is 0 Å². The highest BCUT2D eigenvalue weighted by molar-refractivity contribution is 5.58. The summed E-state index contributed by atoms with van der Waals surface area (Å²) in [6.45, 7) is 6.21. The number of hydrogen-bond donors (Lipinski definition) is 1. The number of aryl methyl sites for hydroxylation is 3. The van der Waals surface area contributed by atoms with Gasteiger partial charge in [-0.05, 0) is 38.5 Å². The molecule has 4 heteroatoms. The van der Waals surface area contributed by atoms with Crippen molar-refractivity contribution in [1.29, 1.82) is 0 Å². The van der Waals surface area contributed by atoms with E-state index in [1.165, 1.54) is 11.1 Å². The van der Waals surface area contributed by atoms with Gasteiger partial charge in [-0.15, -0.1) is 0 Å². The van der Waals surface area contributed by atoms with Gasteiger partial charge in [0.25, 0.3) is 0 Å². The lowest BCUT2D eigenvalue weighted by Crippen LogP contribution is -2.08. The minimum atomic E-state index is 0.185. The third-order valence-corrected chi connectivity index (χ3v) is 3.25. The van der Waals surface area contributed by atoms with Crippen molar-refractivity contribution < 1.29 is 4.74 Å². The second-order valence-corrected chi connectivity index (χ2v) is 4.91. The van der Waals surface area contributed by atoms with E-state index in [-0.39, 0.29) is 6.04 Å². The molecule has 0 aliphatic rings. The van der Waals surface area contributed by atoms with E-state index in [0.29, 0.717) is 0 Å². The molecule has 1 N–H and O–H groups in total. The lowest BCUT2D eigenvalue weighted by atomic mass is 10.1. The Balaban J connectivity index is 2.23. The lowest BCUT2D eigenvalue weighted by Gasteiger charge is -2.17. The second-order valence-electron chi connectivity index (χ2n) is 4.91. The third kappa shape index (κ3) is 2.89.